The summed E-state index contributed by atoms with van der Waals surface area (Å²) in [6.45, 7) is 5.26. The molecule has 33 heavy (non-hydrogen) atoms. The molecule has 0 radical (unpaired) electrons. The number of amides is 2. The van der Waals surface area contributed by atoms with Crippen LogP contribution in [0.3, 0.4) is 0 Å². The van der Waals surface area contributed by atoms with E-state index in [0.717, 1.165) is 12.0 Å². The van der Waals surface area contributed by atoms with Crippen LogP contribution in [0.2, 0.25) is 5.02 Å². The van der Waals surface area contributed by atoms with Gasteiger partial charge in [0.2, 0.25) is 5.91 Å². The first-order valence-corrected chi connectivity index (χ1v) is 10.9. The van der Waals surface area contributed by atoms with Gasteiger partial charge in [0.15, 0.2) is 17.6 Å². The van der Waals surface area contributed by atoms with Gasteiger partial charge in [-0.25, -0.2) is 4.79 Å². The van der Waals surface area contributed by atoms with Crippen molar-refractivity contribution in [1.82, 2.24) is 0 Å². The number of hydrogen-bond acceptors (Lipinski definition) is 6. The van der Waals surface area contributed by atoms with Gasteiger partial charge in [-0.05, 0) is 43.9 Å². The van der Waals surface area contributed by atoms with Gasteiger partial charge >= 0.3 is 5.97 Å². The highest BCUT2D eigenvalue weighted by Gasteiger charge is 2.39. The number of hydrogen-bond donors (Lipinski definition) is 2. The van der Waals surface area contributed by atoms with Crippen LogP contribution in [-0.4, -0.2) is 38.1 Å². The summed E-state index contributed by atoms with van der Waals surface area (Å²) in [6.07, 6.45) is -0.324. The van der Waals surface area contributed by atoms with E-state index >= 15 is 0 Å². The maximum absolute atomic E-state index is 13.0. The summed E-state index contributed by atoms with van der Waals surface area (Å²) in [5.41, 5.74) is 1.60. The van der Waals surface area contributed by atoms with Crippen molar-refractivity contribution in [1.29, 1.82) is 0 Å². The lowest BCUT2D eigenvalue weighted by Gasteiger charge is -2.18. The van der Waals surface area contributed by atoms with E-state index in [-0.39, 0.29) is 28.8 Å². The number of carbonyl (C=O) groups is 3. The van der Waals surface area contributed by atoms with E-state index in [1.54, 1.807) is 18.2 Å². The van der Waals surface area contributed by atoms with Gasteiger partial charge in [-0.3, -0.25) is 9.59 Å². The second-order valence-electron chi connectivity index (χ2n) is 8.06. The van der Waals surface area contributed by atoms with Crippen molar-refractivity contribution in [3.8, 4) is 11.5 Å². The van der Waals surface area contributed by atoms with E-state index in [1.165, 1.54) is 33.3 Å². The number of benzene rings is 2. The summed E-state index contributed by atoms with van der Waals surface area (Å²) < 4.78 is 16.0. The fourth-order valence-corrected chi connectivity index (χ4v) is 3.48. The van der Waals surface area contributed by atoms with Crippen molar-refractivity contribution in [3.63, 3.8) is 0 Å². The normalized spacial score (nSPS) is 17.5. The van der Waals surface area contributed by atoms with Gasteiger partial charge in [0, 0.05) is 28.8 Å². The van der Waals surface area contributed by atoms with Crippen molar-refractivity contribution >= 4 is 40.8 Å². The Bertz CT molecular complexity index is 1090. The van der Waals surface area contributed by atoms with E-state index < -0.39 is 18.0 Å². The SMILES string of the molecule is COc1cc(NC(=O)C2CC2C)c(C(=O)OC(C)C(=O)Nc2cc(Cl)ccc2C)cc1OC. The fourth-order valence-electron chi connectivity index (χ4n) is 3.30. The minimum absolute atomic E-state index is 0.0490. The second-order valence-corrected chi connectivity index (χ2v) is 8.49. The topological polar surface area (TPSA) is 103 Å². The van der Waals surface area contributed by atoms with Crippen molar-refractivity contribution < 1.29 is 28.6 Å². The van der Waals surface area contributed by atoms with Gasteiger partial charge in [-0.2, -0.15) is 0 Å². The Balaban J connectivity index is 1.79. The number of nitrogens with one attached hydrogen (secondary N) is 2. The Labute approximate surface area is 197 Å². The minimum atomic E-state index is -1.11. The van der Waals surface area contributed by atoms with Crippen LogP contribution in [-0.2, 0) is 14.3 Å². The molecule has 0 aromatic heterocycles. The predicted octanol–water partition coefficient (Wildman–Crippen LogP) is 4.44. The Kier molecular flexibility index (Phi) is 7.48. The van der Waals surface area contributed by atoms with Gasteiger partial charge in [-0.15, -0.1) is 0 Å². The van der Waals surface area contributed by atoms with Gasteiger partial charge in [0.1, 0.15) is 0 Å². The summed E-state index contributed by atoms with van der Waals surface area (Å²) in [5.74, 6) is -0.686. The number of methoxy groups -OCH3 is 2. The molecule has 1 fully saturated rings. The molecule has 8 nitrogen and oxygen atoms in total. The van der Waals surface area contributed by atoms with Crippen LogP contribution < -0.4 is 20.1 Å². The molecule has 3 atom stereocenters. The summed E-state index contributed by atoms with van der Waals surface area (Å²) >= 11 is 6.00. The highest BCUT2D eigenvalue weighted by atomic mass is 35.5. The molecule has 176 valence electrons. The molecule has 0 aliphatic heterocycles. The molecule has 1 saturated carbocycles. The average Bonchev–Trinajstić information content (AvgIpc) is 3.52. The maximum Gasteiger partial charge on any atom is 0.341 e. The highest BCUT2D eigenvalue weighted by molar-refractivity contribution is 6.31. The van der Waals surface area contributed by atoms with Crippen LogP contribution in [0.4, 0.5) is 11.4 Å². The van der Waals surface area contributed by atoms with Crippen molar-refractivity contribution in [2.45, 2.75) is 33.3 Å². The van der Waals surface area contributed by atoms with E-state index in [1.807, 2.05) is 13.8 Å². The summed E-state index contributed by atoms with van der Waals surface area (Å²) in [6, 6.07) is 8.02. The second kappa shape index (κ2) is 10.1. The third-order valence-electron chi connectivity index (χ3n) is 5.56. The molecular weight excluding hydrogens is 448 g/mol. The maximum atomic E-state index is 13.0. The van der Waals surface area contributed by atoms with E-state index in [2.05, 4.69) is 10.6 Å². The van der Waals surface area contributed by atoms with Crippen molar-refractivity contribution in [3.05, 3.63) is 46.5 Å². The monoisotopic (exact) mass is 474 g/mol. The smallest absolute Gasteiger partial charge is 0.341 e. The standard InChI is InChI=1S/C24H27ClN2O6/c1-12-6-7-15(25)9-18(12)26-22(28)14(3)33-24(30)17-10-20(31-4)21(32-5)11-19(17)27-23(29)16-8-13(16)2/h6-7,9-11,13-14,16H,8H2,1-5H3,(H,26,28)(H,27,29). The average molecular weight is 475 g/mol. The number of rotatable bonds is 8. The summed E-state index contributed by atoms with van der Waals surface area (Å²) in [5, 5.41) is 5.95. The van der Waals surface area contributed by atoms with Gasteiger partial charge in [-0.1, -0.05) is 24.6 Å². The Morgan fingerprint density at radius 3 is 2.27 bits per heavy atom. The van der Waals surface area contributed by atoms with E-state index in [9.17, 15) is 14.4 Å². The number of carbonyl (C=O) groups excluding carboxylic acids is 3. The molecule has 2 aromatic rings. The van der Waals surface area contributed by atoms with Gasteiger partial charge < -0.3 is 24.8 Å². The van der Waals surface area contributed by atoms with Gasteiger partial charge in [0.25, 0.3) is 5.91 Å². The third kappa shape index (κ3) is 5.76. The Morgan fingerprint density at radius 1 is 1.03 bits per heavy atom. The quantitative estimate of drug-likeness (QED) is 0.548. The largest absolute Gasteiger partial charge is 0.493 e. The van der Waals surface area contributed by atoms with Gasteiger partial charge in [0.05, 0.1) is 25.5 Å². The molecule has 1 aliphatic rings. The summed E-state index contributed by atoms with van der Waals surface area (Å²) in [4.78, 5) is 38.1. The zero-order chi connectivity index (χ0) is 24.3. The number of anilines is 2. The van der Waals surface area contributed by atoms with Crippen molar-refractivity contribution in [2.75, 3.05) is 24.9 Å². The first-order chi connectivity index (χ1) is 15.6. The first kappa shape index (κ1) is 24.4. The van der Waals surface area contributed by atoms with Crippen LogP contribution in [0.1, 0.15) is 36.2 Å². The lowest BCUT2D eigenvalue weighted by Crippen LogP contribution is -2.30. The predicted molar refractivity (Wildman–Crippen MR) is 125 cm³/mol. The van der Waals surface area contributed by atoms with Crippen LogP contribution in [0.25, 0.3) is 0 Å². The fraction of sp³-hybridized carbons (Fsp3) is 0.375. The number of ether oxygens (including phenoxy) is 3. The number of aryl methyl sites for hydroxylation is 1. The third-order valence-corrected chi connectivity index (χ3v) is 5.79. The molecular formula is C24H27ClN2O6. The van der Waals surface area contributed by atoms with Crippen LogP contribution in [0, 0.1) is 18.8 Å². The molecule has 0 spiro atoms. The molecule has 2 N–H and O–H groups in total. The lowest BCUT2D eigenvalue weighted by molar-refractivity contribution is -0.123. The molecule has 1 aliphatic carbocycles. The summed E-state index contributed by atoms with van der Waals surface area (Å²) in [7, 11) is 2.88. The van der Waals surface area contributed by atoms with Crippen LogP contribution in [0.5, 0.6) is 11.5 Å². The molecule has 9 heteroatoms. The number of esters is 1. The lowest BCUT2D eigenvalue weighted by atomic mass is 10.1. The zero-order valence-corrected chi connectivity index (χ0v) is 19.9. The Hall–Kier alpha value is -3.26. The highest BCUT2D eigenvalue weighted by Crippen LogP contribution is 2.40. The van der Waals surface area contributed by atoms with Crippen molar-refractivity contribution in [2.24, 2.45) is 11.8 Å². The molecule has 0 bridgehead atoms. The van der Waals surface area contributed by atoms with E-state index in [0.29, 0.717) is 22.4 Å². The first-order valence-electron chi connectivity index (χ1n) is 10.5. The molecule has 2 amide bonds. The number of halogens is 1. The molecule has 2 aromatic carbocycles. The van der Waals surface area contributed by atoms with Crippen LogP contribution in [0.15, 0.2) is 30.3 Å². The molecule has 0 heterocycles. The molecule has 3 unspecified atom stereocenters. The zero-order valence-electron chi connectivity index (χ0n) is 19.2. The minimum Gasteiger partial charge on any atom is -0.493 e. The Morgan fingerprint density at radius 2 is 1.67 bits per heavy atom. The molecule has 0 saturated heterocycles. The van der Waals surface area contributed by atoms with E-state index in [4.69, 9.17) is 25.8 Å². The van der Waals surface area contributed by atoms with Crippen LogP contribution >= 0.6 is 11.6 Å². The molecule has 3 rings (SSSR count).